The Morgan fingerprint density at radius 1 is 1.33 bits per heavy atom. The zero-order chi connectivity index (χ0) is 15.4. The lowest BCUT2D eigenvalue weighted by atomic mass is 10.2. The Morgan fingerprint density at radius 3 is 2.67 bits per heavy atom. The van der Waals surface area contributed by atoms with Gasteiger partial charge < -0.3 is 14.6 Å². The lowest BCUT2D eigenvalue weighted by Crippen LogP contribution is -2.06. The lowest BCUT2D eigenvalue weighted by Gasteiger charge is -2.15. The molecule has 0 aliphatic rings. The van der Waals surface area contributed by atoms with Gasteiger partial charge in [0.15, 0.2) is 11.5 Å². The first-order valence-corrected chi connectivity index (χ1v) is 7.12. The van der Waals surface area contributed by atoms with E-state index in [2.05, 4.69) is 5.10 Å². The SMILES string of the molecule is CCOc1cccc(CO)c1OCc1c(Cl)c(C)nn1C. The average Bonchev–Trinajstić information content (AvgIpc) is 2.71. The molecule has 5 nitrogen and oxygen atoms in total. The summed E-state index contributed by atoms with van der Waals surface area (Å²) < 4.78 is 13.1. The molecule has 0 unspecified atom stereocenters. The third-order valence-electron chi connectivity index (χ3n) is 3.15. The standard InChI is InChI=1S/C15H19ClN2O3/c1-4-20-13-7-5-6-11(8-19)15(13)21-9-12-14(16)10(2)17-18(12)3/h5-7,19H,4,8-9H2,1-3H3. The molecule has 0 bridgehead atoms. The molecule has 21 heavy (non-hydrogen) atoms. The van der Waals surface area contributed by atoms with Crippen LogP contribution in [0.15, 0.2) is 18.2 Å². The van der Waals surface area contributed by atoms with Gasteiger partial charge in [0.2, 0.25) is 0 Å². The van der Waals surface area contributed by atoms with Crippen molar-refractivity contribution in [3.63, 3.8) is 0 Å². The molecule has 0 saturated carbocycles. The van der Waals surface area contributed by atoms with E-state index in [1.54, 1.807) is 10.7 Å². The van der Waals surface area contributed by atoms with Gasteiger partial charge in [0.05, 0.1) is 29.6 Å². The minimum Gasteiger partial charge on any atom is -0.490 e. The third-order valence-corrected chi connectivity index (χ3v) is 3.64. The van der Waals surface area contributed by atoms with E-state index in [9.17, 15) is 5.11 Å². The number of hydrogen-bond acceptors (Lipinski definition) is 4. The fraction of sp³-hybridized carbons (Fsp3) is 0.400. The topological polar surface area (TPSA) is 56.5 Å². The van der Waals surface area contributed by atoms with Gasteiger partial charge in [-0.2, -0.15) is 5.10 Å². The molecule has 2 rings (SSSR count). The van der Waals surface area contributed by atoms with Gasteiger partial charge in [0.1, 0.15) is 6.61 Å². The number of nitrogens with zero attached hydrogens (tertiary/aromatic N) is 2. The molecule has 0 aliphatic carbocycles. The predicted octanol–water partition coefficient (Wildman–Crippen LogP) is 2.85. The summed E-state index contributed by atoms with van der Waals surface area (Å²) in [7, 11) is 1.82. The Hall–Kier alpha value is -1.72. The van der Waals surface area contributed by atoms with Crippen LogP contribution in [0.1, 0.15) is 23.9 Å². The fourth-order valence-electron chi connectivity index (χ4n) is 2.10. The number of aliphatic hydroxyl groups excluding tert-OH is 1. The molecule has 114 valence electrons. The van der Waals surface area contributed by atoms with Crippen LogP contribution in [0.4, 0.5) is 0 Å². The van der Waals surface area contributed by atoms with Crippen LogP contribution in [0.2, 0.25) is 5.02 Å². The van der Waals surface area contributed by atoms with Gasteiger partial charge in [-0.1, -0.05) is 23.7 Å². The molecule has 2 aromatic rings. The first kappa shape index (κ1) is 15.7. The molecular weight excluding hydrogens is 292 g/mol. The van der Waals surface area contributed by atoms with Crippen LogP contribution in [0, 0.1) is 6.92 Å². The molecule has 1 N–H and O–H groups in total. The Labute approximate surface area is 129 Å². The molecular formula is C15H19ClN2O3. The number of rotatable bonds is 6. The number of aliphatic hydroxyl groups is 1. The number of benzene rings is 1. The number of halogens is 1. The molecule has 0 radical (unpaired) electrons. The highest BCUT2D eigenvalue weighted by Crippen LogP contribution is 2.33. The summed E-state index contributed by atoms with van der Waals surface area (Å²) in [6.45, 7) is 4.41. The Bertz CT molecular complexity index is 626. The third kappa shape index (κ3) is 3.31. The molecule has 6 heteroatoms. The second-order valence-corrected chi connectivity index (χ2v) is 4.97. The van der Waals surface area contributed by atoms with E-state index in [0.29, 0.717) is 28.7 Å². The molecule has 0 fully saturated rings. The van der Waals surface area contributed by atoms with Crippen molar-refractivity contribution in [2.24, 2.45) is 7.05 Å². The summed E-state index contributed by atoms with van der Waals surface area (Å²) in [5, 5.41) is 14.3. The fourth-order valence-corrected chi connectivity index (χ4v) is 2.31. The van der Waals surface area contributed by atoms with E-state index in [-0.39, 0.29) is 13.2 Å². The van der Waals surface area contributed by atoms with Crippen molar-refractivity contribution in [3.05, 3.63) is 40.2 Å². The van der Waals surface area contributed by atoms with Crippen LogP contribution >= 0.6 is 11.6 Å². The van der Waals surface area contributed by atoms with E-state index in [4.69, 9.17) is 21.1 Å². The minimum atomic E-state index is -0.117. The van der Waals surface area contributed by atoms with Crippen LogP contribution in [0.5, 0.6) is 11.5 Å². The maximum Gasteiger partial charge on any atom is 0.167 e. The highest BCUT2D eigenvalue weighted by Gasteiger charge is 2.15. The van der Waals surface area contributed by atoms with Gasteiger partial charge in [-0.25, -0.2) is 0 Å². The van der Waals surface area contributed by atoms with Crippen molar-refractivity contribution in [1.29, 1.82) is 0 Å². The Balaban J connectivity index is 2.26. The van der Waals surface area contributed by atoms with E-state index in [1.807, 2.05) is 33.0 Å². The van der Waals surface area contributed by atoms with Gasteiger partial charge in [-0.05, 0) is 19.9 Å². The molecule has 1 heterocycles. The molecule has 1 aromatic heterocycles. The van der Waals surface area contributed by atoms with Gasteiger partial charge >= 0.3 is 0 Å². The van der Waals surface area contributed by atoms with Crippen LogP contribution < -0.4 is 9.47 Å². The van der Waals surface area contributed by atoms with Crippen molar-refractivity contribution >= 4 is 11.6 Å². The maximum atomic E-state index is 9.44. The van der Waals surface area contributed by atoms with E-state index in [0.717, 1.165) is 11.4 Å². The van der Waals surface area contributed by atoms with Gasteiger partial charge in [-0.3, -0.25) is 4.68 Å². The highest BCUT2D eigenvalue weighted by atomic mass is 35.5. The summed E-state index contributed by atoms with van der Waals surface area (Å²) in [5.74, 6) is 1.15. The minimum absolute atomic E-state index is 0.117. The number of para-hydroxylation sites is 1. The van der Waals surface area contributed by atoms with Crippen LogP contribution in [0.25, 0.3) is 0 Å². The van der Waals surface area contributed by atoms with E-state index >= 15 is 0 Å². The maximum absolute atomic E-state index is 9.44. The monoisotopic (exact) mass is 310 g/mol. The van der Waals surface area contributed by atoms with Gasteiger partial charge in [0.25, 0.3) is 0 Å². The zero-order valence-electron chi connectivity index (χ0n) is 12.4. The molecule has 0 atom stereocenters. The molecule has 0 spiro atoms. The van der Waals surface area contributed by atoms with Crippen molar-refractivity contribution in [3.8, 4) is 11.5 Å². The highest BCUT2D eigenvalue weighted by molar-refractivity contribution is 6.31. The number of aromatic nitrogens is 2. The smallest absolute Gasteiger partial charge is 0.167 e. The summed E-state index contributed by atoms with van der Waals surface area (Å²) >= 11 is 6.21. The van der Waals surface area contributed by atoms with Crippen LogP contribution in [0.3, 0.4) is 0 Å². The Morgan fingerprint density at radius 2 is 2.10 bits per heavy atom. The average molecular weight is 311 g/mol. The van der Waals surface area contributed by atoms with Gasteiger partial charge in [-0.15, -0.1) is 0 Å². The van der Waals surface area contributed by atoms with Crippen molar-refractivity contribution in [1.82, 2.24) is 9.78 Å². The summed E-state index contributed by atoms with van der Waals surface area (Å²) in [6, 6.07) is 5.44. The van der Waals surface area contributed by atoms with E-state index in [1.165, 1.54) is 0 Å². The second-order valence-electron chi connectivity index (χ2n) is 4.59. The second kappa shape index (κ2) is 6.83. The van der Waals surface area contributed by atoms with Crippen LogP contribution in [-0.2, 0) is 20.3 Å². The summed E-state index contributed by atoms with van der Waals surface area (Å²) in [4.78, 5) is 0. The van der Waals surface area contributed by atoms with E-state index < -0.39 is 0 Å². The first-order valence-electron chi connectivity index (χ1n) is 6.74. The number of hydrogen-bond donors (Lipinski definition) is 1. The Kier molecular flexibility index (Phi) is 5.09. The van der Waals surface area contributed by atoms with Crippen molar-refractivity contribution in [2.75, 3.05) is 6.61 Å². The first-order chi connectivity index (χ1) is 10.1. The molecule has 1 aromatic carbocycles. The zero-order valence-corrected chi connectivity index (χ0v) is 13.1. The quantitative estimate of drug-likeness (QED) is 0.891. The van der Waals surface area contributed by atoms with Crippen molar-refractivity contribution in [2.45, 2.75) is 27.1 Å². The molecule has 0 amide bonds. The number of aryl methyl sites for hydroxylation is 2. The predicted molar refractivity (Wildman–Crippen MR) is 80.8 cm³/mol. The summed E-state index contributed by atoms with van der Waals surface area (Å²) in [5.41, 5.74) is 2.22. The van der Waals surface area contributed by atoms with Crippen LogP contribution in [-0.4, -0.2) is 21.5 Å². The molecule has 0 aliphatic heterocycles. The number of ether oxygens (including phenoxy) is 2. The normalized spacial score (nSPS) is 10.7. The summed E-state index contributed by atoms with van der Waals surface area (Å²) in [6.07, 6.45) is 0. The molecule has 0 saturated heterocycles. The van der Waals surface area contributed by atoms with Crippen molar-refractivity contribution < 1.29 is 14.6 Å². The largest absolute Gasteiger partial charge is 0.490 e. The lowest BCUT2D eigenvalue weighted by molar-refractivity contribution is 0.239. The van der Waals surface area contributed by atoms with Gasteiger partial charge in [0, 0.05) is 12.6 Å².